The molecule has 9 nitrogen and oxygen atoms in total. The molecule has 1 fully saturated rings. The van der Waals surface area contributed by atoms with Gasteiger partial charge in [0.2, 0.25) is 11.8 Å². The first-order chi connectivity index (χ1) is 14.3. The van der Waals surface area contributed by atoms with Crippen LogP contribution in [0.3, 0.4) is 0 Å². The monoisotopic (exact) mass is 436 g/mol. The zero-order valence-corrected chi connectivity index (χ0v) is 18.4. The van der Waals surface area contributed by atoms with E-state index in [1.807, 2.05) is 0 Å². The SMILES string of the molecule is CCN(C(C)=O)C(SNc1ccc(C(=O)NCCN2CCCC2)cc1)[C@H](N)C(N)=O. The first kappa shape index (κ1) is 24.0. The van der Waals surface area contributed by atoms with Gasteiger partial charge in [-0.05, 0) is 69.1 Å². The van der Waals surface area contributed by atoms with Crippen molar-refractivity contribution in [2.45, 2.75) is 38.1 Å². The molecule has 1 unspecified atom stereocenters. The number of carbonyl (C=O) groups excluding carboxylic acids is 3. The fourth-order valence-corrected chi connectivity index (χ4v) is 4.41. The van der Waals surface area contributed by atoms with Crippen molar-refractivity contribution in [2.75, 3.05) is 37.4 Å². The number of hydrogen-bond donors (Lipinski definition) is 4. The van der Waals surface area contributed by atoms with Crippen LogP contribution in [0.15, 0.2) is 24.3 Å². The van der Waals surface area contributed by atoms with Crippen molar-refractivity contribution in [2.24, 2.45) is 11.5 Å². The molecule has 1 aromatic carbocycles. The van der Waals surface area contributed by atoms with Crippen LogP contribution in [0.1, 0.15) is 37.0 Å². The lowest BCUT2D eigenvalue weighted by Crippen LogP contribution is -2.54. The Labute approximate surface area is 182 Å². The predicted octanol–water partition coefficient (Wildman–Crippen LogP) is 0.579. The predicted molar refractivity (Wildman–Crippen MR) is 120 cm³/mol. The molecule has 6 N–H and O–H groups in total. The standard InChI is InChI=1S/C20H32N6O3S/c1-3-26(14(2)27)20(17(21)18(22)28)30-24-16-8-6-15(7-9-16)19(29)23-10-13-25-11-4-5-12-25/h6-9,17,20,24H,3-5,10-13,21H2,1-2H3,(H2,22,28)(H,23,29)/t17-,20?/m1/s1. The van der Waals surface area contributed by atoms with Crippen molar-refractivity contribution in [3.05, 3.63) is 29.8 Å². The second kappa shape index (κ2) is 11.8. The summed E-state index contributed by atoms with van der Waals surface area (Å²) in [6, 6.07) is 5.95. The number of likely N-dealkylation sites (tertiary alicyclic amines) is 1. The van der Waals surface area contributed by atoms with Gasteiger partial charge in [-0.3, -0.25) is 14.4 Å². The Hall–Kier alpha value is -2.30. The molecule has 0 radical (unpaired) electrons. The first-order valence-corrected chi connectivity index (χ1v) is 11.1. The summed E-state index contributed by atoms with van der Waals surface area (Å²) in [6.45, 7) is 7.32. The summed E-state index contributed by atoms with van der Waals surface area (Å²) in [5, 5.41) is 2.29. The number of nitrogens with two attached hydrogens (primary N) is 2. The highest BCUT2D eigenvalue weighted by Crippen LogP contribution is 2.22. The van der Waals surface area contributed by atoms with Crippen molar-refractivity contribution >= 4 is 35.4 Å². The number of benzene rings is 1. The molecule has 166 valence electrons. The van der Waals surface area contributed by atoms with Crippen LogP contribution in [0.2, 0.25) is 0 Å². The van der Waals surface area contributed by atoms with Gasteiger partial charge < -0.3 is 31.3 Å². The van der Waals surface area contributed by atoms with Gasteiger partial charge in [-0.2, -0.15) is 0 Å². The van der Waals surface area contributed by atoms with Crippen molar-refractivity contribution < 1.29 is 14.4 Å². The first-order valence-electron chi connectivity index (χ1n) is 10.2. The number of anilines is 1. The zero-order chi connectivity index (χ0) is 22.1. The van der Waals surface area contributed by atoms with E-state index >= 15 is 0 Å². The van der Waals surface area contributed by atoms with E-state index in [0.717, 1.165) is 37.3 Å². The molecule has 3 amide bonds. The van der Waals surface area contributed by atoms with E-state index in [1.165, 1.54) is 24.7 Å². The number of nitrogens with one attached hydrogen (secondary N) is 2. The maximum Gasteiger partial charge on any atom is 0.251 e. The zero-order valence-electron chi connectivity index (χ0n) is 17.6. The smallest absolute Gasteiger partial charge is 0.251 e. The summed E-state index contributed by atoms with van der Waals surface area (Å²) in [5.74, 6) is -1.000. The number of primary amides is 1. The quantitative estimate of drug-likeness (QED) is 0.294. The van der Waals surface area contributed by atoms with Gasteiger partial charge in [0.25, 0.3) is 5.91 Å². The normalized spacial score (nSPS) is 16.0. The number of rotatable bonds is 11. The van der Waals surface area contributed by atoms with E-state index < -0.39 is 17.3 Å². The Bertz CT molecular complexity index is 724. The number of amides is 3. The average Bonchev–Trinajstić information content (AvgIpc) is 3.24. The van der Waals surface area contributed by atoms with Crippen LogP contribution in [0, 0.1) is 0 Å². The van der Waals surface area contributed by atoms with E-state index in [9.17, 15) is 14.4 Å². The van der Waals surface area contributed by atoms with Crippen molar-refractivity contribution in [1.29, 1.82) is 0 Å². The van der Waals surface area contributed by atoms with Gasteiger partial charge in [0.05, 0.1) is 0 Å². The van der Waals surface area contributed by atoms with Crippen LogP contribution in [-0.2, 0) is 9.59 Å². The van der Waals surface area contributed by atoms with Crippen molar-refractivity contribution in [1.82, 2.24) is 15.1 Å². The fraction of sp³-hybridized carbons (Fsp3) is 0.550. The minimum atomic E-state index is -1.02. The van der Waals surface area contributed by atoms with Gasteiger partial charge in [0, 0.05) is 37.8 Å². The van der Waals surface area contributed by atoms with Gasteiger partial charge in [0.15, 0.2) is 0 Å². The molecule has 1 heterocycles. The van der Waals surface area contributed by atoms with E-state index in [0.29, 0.717) is 18.7 Å². The van der Waals surface area contributed by atoms with Crippen molar-refractivity contribution in [3.63, 3.8) is 0 Å². The summed E-state index contributed by atoms with van der Waals surface area (Å²) in [6.07, 6.45) is 2.46. The minimum absolute atomic E-state index is 0.115. The highest BCUT2D eigenvalue weighted by Gasteiger charge is 2.30. The fourth-order valence-electron chi connectivity index (χ4n) is 3.31. The van der Waals surface area contributed by atoms with Crippen LogP contribution in [-0.4, -0.2) is 71.7 Å². The molecule has 10 heteroatoms. The van der Waals surface area contributed by atoms with Gasteiger partial charge >= 0.3 is 0 Å². The summed E-state index contributed by atoms with van der Waals surface area (Å²) in [7, 11) is 0. The summed E-state index contributed by atoms with van der Waals surface area (Å²) >= 11 is 1.14. The largest absolute Gasteiger partial charge is 0.368 e. The molecule has 0 saturated carbocycles. The Morgan fingerprint density at radius 1 is 1.20 bits per heavy atom. The molecule has 0 aromatic heterocycles. The number of hydrogen-bond acceptors (Lipinski definition) is 7. The minimum Gasteiger partial charge on any atom is -0.368 e. The molecular formula is C20H32N6O3S. The van der Waals surface area contributed by atoms with E-state index in [1.54, 1.807) is 31.2 Å². The molecule has 2 atom stereocenters. The molecule has 1 aliphatic rings. The Morgan fingerprint density at radius 3 is 2.37 bits per heavy atom. The number of nitrogens with zero attached hydrogens (tertiary/aromatic N) is 2. The summed E-state index contributed by atoms with van der Waals surface area (Å²) in [5.41, 5.74) is 12.5. The third-order valence-electron chi connectivity index (χ3n) is 5.04. The van der Waals surface area contributed by atoms with Crippen LogP contribution >= 0.6 is 11.9 Å². The second-order valence-electron chi connectivity index (χ2n) is 7.23. The Balaban J connectivity index is 1.90. The van der Waals surface area contributed by atoms with Gasteiger partial charge in [-0.1, -0.05) is 0 Å². The van der Waals surface area contributed by atoms with E-state index in [4.69, 9.17) is 11.5 Å². The molecule has 1 aromatic rings. The van der Waals surface area contributed by atoms with E-state index in [-0.39, 0.29) is 11.8 Å². The van der Waals surface area contributed by atoms with Crippen LogP contribution in [0.25, 0.3) is 0 Å². The molecule has 1 saturated heterocycles. The topological polar surface area (TPSA) is 134 Å². The number of likely N-dealkylation sites (N-methyl/N-ethyl adjacent to an activating group) is 1. The van der Waals surface area contributed by atoms with Gasteiger partial charge in [-0.15, -0.1) is 0 Å². The maximum absolute atomic E-state index is 12.3. The maximum atomic E-state index is 12.3. The van der Waals surface area contributed by atoms with Gasteiger partial charge in [0.1, 0.15) is 11.4 Å². The lowest BCUT2D eigenvalue weighted by Gasteiger charge is -2.32. The molecule has 1 aliphatic heterocycles. The highest BCUT2D eigenvalue weighted by atomic mass is 32.2. The molecular weight excluding hydrogens is 404 g/mol. The lowest BCUT2D eigenvalue weighted by molar-refractivity contribution is -0.130. The molecule has 0 bridgehead atoms. The van der Waals surface area contributed by atoms with Crippen LogP contribution < -0.4 is 21.5 Å². The van der Waals surface area contributed by atoms with E-state index in [2.05, 4.69) is 14.9 Å². The molecule has 0 spiro atoms. The number of carbonyl (C=O) groups is 3. The molecule has 0 aliphatic carbocycles. The van der Waals surface area contributed by atoms with Crippen LogP contribution in [0.5, 0.6) is 0 Å². The summed E-state index contributed by atoms with van der Waals surface area (Å²) in [4.78, 5) is 39.6. The molecule has 2 rings (SSSR count). The van der Waals surface area contributed by atoms with Crippen LogP contribution in [0.4, 0.5) is 5.69 Å². The summed E-state index contributed by atoms with van der Waals surface area (Å²) < 4.78 is 3.09. The highest BCUT2D eigenvalue weighted by molar-refractivity contribution is 8.01. The third kappa shape index (κ3) is 6.89. The molecule has 30 heavy (non-hydrogen) atoms. The van der Waals surface area contributed by atoms with Gasteiger partial charge in [-0.25, -0.2) is 0 Å². The second-order valence-corrected chi connectivity index (χ2v) is 8.15. The lowest BCUT2D eigenvalue weighted by atomic mass is 10.2. The van der Waals surface area contributed by atoms with Crippen molar-refractivity contribution in [3.8, 4) is 0 Å². The average molecular weight is 437 g/mol. The Kier molecular flexibility index (Phi) is 9.41. The third-order valence-corrected chi connectivity index (χ3v) is 6.19. The Morgan fingerprint density at radius 2 is 1.83 bits per heavy atom.